The van der Waals surface area contributed by atoms with E-state index in [4.69, 9.17) is 9.73 Å². The fraction of sp³-hybridized carbons (Fsp3) is 0.773. The fourth-order valence-electron chi connectivity index (χ4n) is 4.31. The number of thiophene rings is 1. The van der Waals surface area contributed by atoms with E-state index in [0.717, 1.165) is 44.7 Å². The number of hydrogen-bond acceptors (Lipinski definition) is 5. The summed E-state index contributed by atoms with van der Waals surface area (Å²) in [5, 5.41) is 9.25. The van der Waals surface area contributed by atoms with Crippen molar-refractivity contribution < 1.29 is 4.74 Å². The van der Waals surface area contributed by atoms with Gasteiger partial charge in [-0.15, -0.1) is 11.3 Å². The molecule has 3 rings (SSSR count). The van der Waals surface area contributed by atoms with Crippen LogP contribution in [0.2, 0.25) is 0 Å². The molecule has 0 aliphatic carbocycles. The Kier molecular flexibility index (Phi) is 9.73. The van der Waals surface area contributed by atoms with Gasteiger partial charge in [0.1, 0.15) is 0 Å². The van der Waals surface area contributed by atoms with Gasteiger partial charge in [-0.25, -0.2) is 0 Å². The van der Waals surface area contributed by atoms with Gasteiger partial charge in [-0.2, -0.15) is 0 Å². The fourth-order valence-corrected chi connectivity index (χ4v) is 5.17. The number of ether oxygens (including phenoxy) is 1. The molecule has 0 bridgehead atoms. The zero-order chi connectivity index (χ0) is 20.3. The van der Waals surface area contributed by atoms with Crippen LogP contribution >= 0.6 is 11.3 Å². The first-order valence-corrected chi connectivity index (χ1v) is 12.2. The van der Waals surface area contributed by atoms with Crippen molar-refractivity contribution in [1.82, 2.24) is 20.4 Å². The summed E-state index contributed by atoms with van der Waals surface area (Å²) < 4.78 is 5.21. The number of guanidine groups is 1. The number of rotatable bonds is 10. The van der Waals surface area contributed by atoms with Crippen LogP contribution in [-0.2, 0) is 4.74 Å². The van der Waals surface area contributed by atoms with E-state index in [1.54, 1.807) is 7.11 Å². The minimum atomic E-state index is 0.414. The highest BCUT2D eigenvalue weighted by Gasteiger charge is 2.24. The molecule has 0 spiro atoms. The first-order valence-electron chi connectivity index (χ1n) is 11.3. The third kappa shape index (κ3) is 7.24. The molecule has 29 heavy (non-hydrogen) atoms. The Hall–Kier alpha value is -1.15. The Morgan fingerprint density at radius 1 is 1.24 bits per heavy atom. The summed E-state index contributed by atoms with van der Waals surface area (Å²) in [6.07, 6.45) is 5.13. The van der Waals surface area contributed by atoms with Crippen LogP contribution in [0.25, 0.3) is 0 Å². The largest absolute Gasteiger partial charge is 0.383 e. The van der Waals surface area contributed by atoms with E-state index in [2.05, 4.69) is 44.9 Å². The Labute approximate surface area is 180 Å². The summed E-state index contributed by atoms with van der Waals surface area (Å²) >= 11 is 1.86. The van der Waals surface area contributed by atoms with Crippen molar-refractivity contribution in [1.29, 1.82) is 0 Å². The molecule has 164 valence electrons. The molecule has 6 nitrogen and oxygen atoms in total. The summed E-state index contributed by atoms with van der Waals surface area (Å²) in [6, 6.07) is 4.84. The minimum Gasteiger partial charge on any atom is -0.383 e. The predicted octanol–water partition coefficient (Wildman–Crippen LogP) is 2.80. The highest BCUT2D eigenvalue weighted by molar-refractivity contribution is 7.10. The van der Waals surface area contributed by atoms with E-state index in [1.165, 1.54) is 56.7 Å². The standard InChI is InChI=1S/C22H39N5OS/c1-3-23-22(24-17-19-8-12-26(13-9-19)14-15-28-2)25-18-20(21-7-6-16-29-21)27-10-4-5-11-27/h6-7,16,19-20H,3-5,8-15,17-18H2,1-2H3,(H2,23,24,25). The first-order chi connectivity index (χ1) is 14.3. The Balaban J connectivity index is 1.50. The van der Waals surface area contributed by atoms with Crippen molar-refractivity contribution in [2.75, 3.05) is 66.1 Å². The lowest BCUT2D eigenvalue weighted by Crippen LogP contribution is -2.43. The Morgan fingerprint density at radius 2 is 2.03 bits per heavy atom. The summed E-state index contributed by atoms with van der Waals surface area (Å²) in [7, 11) is 1.78. The van der Waals surface area contributed by atoms with E-state index >= 15 is 0 Å². The van der Waals surface area contributed by atoms with Gasteiger partial charge >= 0.3 is 0 Å². The van der Waals surface area contributed by atoms with E-state index in [1.807, 2.05) is 11.3 Å². The van der Waals surface area contributed by atoms with E-state index in [-0.39, 0.29) is 0 Å². The van der Waals surface area contributed by atoms with Crippen molar-refractivity contribution in [3.05, 3.63) is 22.4 Å². The van der Waals surface area contributed by atoms with Gasteiger partial charge in [0.25, 0.3) is 0 Å². The van der Waals surface area contributed by atoms with Crippen LogP contribution in [0, 0.1) is 5.92 Å². The van der Waals surface area contributed by atoms with Gasteiger partial charge in [0, 0.05) is 31.6 Å². The molecule has 2 fully saturated rings. The summed E-state index contributed by atoms with van der Waals surface area (Å²) in [5.74, 6) is 1.69. The topological polar surface area (TPSA) is 52.1 Å². The third-order valence-electron chi connectivity index (χ3n) is 6.10. The third-order valence-corrected chi connectivity index (χ3v) is 7.07. The molecule has 0 saturated carbocycles. The van der Waals surface area contributed by atoms with Crippen molar-refractivity contribution >= 4 is 17.3 Å². The second-order valence-corrected chi connectivity index (χ2v) is 9.13. The molecule has 2 aliphatic heterocycles. The zero-order valence-corrected chi connectivity index (χ0v) is 19.1. The number of hydrogen-bond donors (Lipinski definition) is 2. The number of methoxy groups -OCH3 is 1. The van der Waals surface area contributed by atoms with Crippen molar-refractivity contribution in [3.63, 3.8) is 0 Å². The Bertz CT molecular complexity index is 580. The molecule has 0 amide bonds. The second-order valence-electron chi connectivity index (χ2n) is 8.15. The van der Waals surface area contributed by atoms with Gasteiger partial charge in [0.15, 0.2) is 5.96 Å². The molecule has 2 saturated heterocycles. The smallest absolute Gasteiger partial charge is 0.191 e. The van der Waals surface area contributed by atoms with E-state index in [9.17, 15) is 0 Å². The number of piperidine rings is 1. The summed E-state index contributed by atoms with van der Waals surface area (Å²) in [4.78, 5) is 11.5. The second kappa shape index (κ2) is 12.5. The summed E-state index contributed by atoms with van der Waals surface area (Å²) in [5.41, 5.74) is 0. The molecule has 2 N–H and O–H groups in total. The molecule has 1 aromatic rings. The molecule has 3 heterocycles. The molecular formula is C22H39N5OS. The van der Waals surface area contributed by atoms with Crippen molar-refractivity contribution in [2.45, 2.75) is 38.6 Å². The molecule has 1 aromatic heterocycles. The van der Waals surface area contributed by atoms with Crippen molar-refractivity contribution in [3.8, 4) is 0 Å². The summed E-state index contributed by atoms with van der Waals surface area (Å²) in [6.45, 7) is 11.5. The van der Waals surface area contributed by atoms with Crippen LogP contribution in [0.5, 0.6) is 0 Å². The maximum absolute atomic E-state index is 5.21. The highest BCUT2D eigenvalue weighted by Crippen LogP contribution is 2.28. The van der Waals surface area contributed by atoms with Gasteiger partial charge in [0.05, 0.1) is 19.2 Å². The molecule has 1 atom stereocenters. The lowest BCUT2D eigenvalue weighted by molar-refractivity contribution is 0.121. The molecule has 1 unspecified atom stereocenters. The minimum absolute atomic E-state index is 0.414. The lowest BCUT2D eigenvalue weighted by Gasteiger charge is -2.32. The van der Waals surface area contributed by atoms with Crippen LogP contribution in [0.4, 0.5) is 0 Å². The SMILES string of the molecule is CCNC(=NCC(c1cccs1)N1CCCC1)NCC1CCN(CCOC)CC1. The van der Waals surface area contributed by atoms with Crippen LogP contribution in [0.1, 0.15) is 43.5 Å². The Morgan fingerprint density at radius 3 is 2.69 bits per heavy atom. The molecule has 0 aromatic carbocycles. The van der Waals surface area contributed by atoms with Gasteiger partial charge in [-0.3, -0.25) is 9.89 Å². The number of nitrogens with zero attached hydrogens (tertiary/aromatic N) is 3. The van der Waals surface area contributed by atoms with Crippen LogP contribution in [-0.4, -0.2) is 81.8 Å². The molecule has 0 radical (unpaired) electrons. The van der Waals surface area contributed by atoms with Gasteiger partial charge < -0.3 is 20.3 Å². The quantitative estimate of drug-likeness (QED) is 0.449. The van der Waals surface area contributed by atoms with Crippen LogP contribution in [0.3, 0.4) is 0 Å². The molecule has 7 heteroatoms. The van der Waals surface area contributed by atoms with Crippen molar-refractivity contribution in [2.24, 2.45) is 10.9 Å². The average molecular weight is 422 g/mol. The van der Waals surface area contributed by atoms with Gasteiger partial charge in [-0.1, -0.05) is 6.07 Å². The van der Waals surface area contributed by atoms with Crippen LogP contribution in [0.15, 0.2) is 22.5 Å². The number of nitrogens with one attached hydrogen (secondary N) is 2. The molecular weight excluding hydrogens is 382 g/mol. The van der Waals surface area contributed by atoms with E-state index in [0.29, 0.717) is 6.04 Å². The monoisotopic (exact) mass is 421 g/mol. The van der Waals surface area contributed by atoms with Gasteiger partial charge in [-0.05, 0) is 76.2 Å². The maximum Gasteiger partial charge on any atom is 0.191 e. The number of aliphatic imine (C=N–C) groups is 1. The number of likely N-dealkylation sites (tertiary alicyclic amines) is 2. The average Bonchev–Trinajstić information content (AvgIpc) is 3.46. The lowest BCUT2D eigenvalue weighted by atomic mass is 9.97. The maximum atomic E-state index is 5.21. The van der Waals surface area contributed by atoms with Crippen LogP contribution < -0.4 is 10.6 Å². The highest BCUT2D eigenvalue weighted by atomic mass is 32.1. The normalized spacial score (nSPS) is 20.8. The predicted molar refractivity (Wildman–Crippen MR) is 123 cm³/mol. The first kappa shape index (κ1) is 22.5. The zero-order valence-electron chi connectivity index (χ0n) is 18.2. The van der Waals surface area contributed by atoms with Gasteiger partial charge in [0.2, 0.25) is 0 Å². The van der Waals surface area contributed by atoms with E-state index < -0.39 is 0 Å². The molecule has 2 aliphatic rings.